The summed E-state index contributed by atoms with van der Waals surface area (Å²) in [7, 11) is -0.923. The molecule has 71 heavy (non-hydrogen) atoms. The van der Waals surface area contributed by atoms with E-state index in [2.05, 4.69) is 41.5 Å². The summed E-state index contributed by atoms with van der Waals surface area (Å²) < 4.78 is 41.5. The van der Waals surface area contributed by atoms with Gasteiger partial charge in [-0.2, -0.15) is 8.42 Å². The van der Waals surface area contributed by atoms with Gasteiger partial charge in [-0.1, -0.05) is 40.9 Å². The van der Waals surface area contributed by atoms with E-state index >= 15 is 0 Å². The average Bonchev–Trinajstić information content (AvgIpc) is 3.95. The van der Waals surface area contributed by atoms with Crippen molar-refractivity contribution in [2.45, 2.75) is 89.2 Å². The molecular weight excluding hydrogens is 964 g/mol. The average molecular weight is 1020 g/mol. The van der Waals surface area contributed by atoms with Crippen molar-refractivity contribution >= 4 is 89.8 Å². The van der Waals surface area contributed by atoms with Crippen molar-refractivity contribution in [2.75, 3.05) is 25.7 Å². The number of nitrogen functional groups attached to an aromatic ring is 2. The number of benzene rings is 3. The van der Waals surface area contributed by atoms with Gasteiger partial charge in [0.2, 0.25) is 0 Å². The number of aromatic amines is 1. The first-order chi connectivity index (χ1) is 34.0. The molecule has 0 atom stereocenters. The smallest absolute Gasteiger partial charge is 0.308 e. The molecule has 18 heteroatoms. The van der Waals surface area contributed by atoms with Crippen molar-refractivity contribution in [1.82, 2.24) is 19.5 Å². The lowest BCUT2D eigenvalue weighted by Gasteiger charge is -2.28. The summed E-state index contributed by atoms with van der Waals surface area (Å²) in [4.78, 5) is 42.2. The first-order valence-electron chi connectivity index (χ1n) is 22.9. The van der Waals surface area contributed by atoms with Crippen LogP contribution in [0, 0.1) is 45.8 Å². The zero-order chi connectivity index (χ0) is 51.1. The van der Waals surface area contributed by atoms with Crippen LogP contribution in [0.3, 0.4) is 0 Å². The number of halogens is 2. The molecular formula is C53H54Cl2N8O7S. The van der Waals surface area contributed by atoms with Crippen molar-refractivity contribution in [2.24, 2.45) is 11.8 Å². The van der Waals surface area contributed by atoms with Crippen LogP contribution in [-0.4, -0.2) is 60.2 Å². The topological polar surface area (TPSA) is 203 Å². The molecule has 2 aliphatic rings. The Hall–Kier alpha value is -6.95. The number of carbonyl (C=O) groups excluding carboxylic acids is 2. The number of esters is 2. The van der Waals surface area contributed by atoms with Gasteiger partial charge in [0.15, 0.2) is 11.4 Å². The van der Waals surface area contributed by atoms with E-state index in [1.165, 1.54) is 26.6 Å². The standard InChI is InChI=1S/C23H23ClN4O2.C15H11ClN4.C15H20O5S/c1-13-8-21-16(9-20(13)26-2)18(17-10-27-11-19(25)22(17)24)12-28(21)15-6-4-14(5-7-15)23(29)30-3;1-8-3-14-9(4-13(8)18-2)10(6-20-14)11-5-19-7-12(17)15(11)16;1-11-3-9-14(10-4-11)21(17,18)20-13-7-5-12(6-8-13)15(16)19-2/h8-12,14-15H,4-7,25H2,1,3H3;3-7,20H,17H2,1H3;3-4,9-10,12-13H,5-8H2,1-2H3. The predicted molar refractivity (Wildman–Crippen MR) is 278 cm³/mol. The number of nitrogens with zero attached hydrogens (tertiary/aromatic N) is 5. The molecule has 0 radical (unpaired) electrons. The number of aromatic nitrogens is 4. The van der Waals surface area contributed by atoms with E-state index in [0.717, 1.165) is 86.4 Å². The highest BCUT2D eigenvalue weighted by molar-refractivity contribution is 7.86. The maximum absolute atomic E-state index is 12.2. The molecule has 2 aliphatic carbocycles. The van der Waals surface area contributed by atoms with Crippen LogP contribution in [0.5, 0.6) is 0 Å². The highest BCUT2D eigenvalue weighted by Gasteiger charge is 2.32. The molecule has 2 fully saturated rings. The monoisotopic (exact) mass is 1020 g/mol. The SMILES string of the molecule is COC(=O)C1CCC(OS(=O)(=O)c2ccc(C)cc2)CC1.[C-]#[N+]c1cc2c(-c3cncc(N)c3Cl)c[nH]c2cc1C.[C-]#[N+]c1cc2c(-c3cncc(N)c3Cl)cn(C3CCC(C(=O)OC)CC3)c2cc1C. The van der Waals surface area contributed by atoms with Crippen LogP contribution in [0.25, 0.3) is 53.7 Å². The first-order valence-corrected chi connectivity index (χ1v) is 25.1. The number of aryl methyl sites for hydroxylation is 3. The number of hydrogen-bond acceptors (Lipinski definition) is 11. The zero-order valence-electron chi connectivity index (χ0n) is 40.0. The van der Waals surface area contributed by atoms with Gasteiger partial charge in [-0.3, -0.25) is 23.7 Å². The molecule has 368 valence electrons. The van der Waals surface area contributed by atoms with Crippen molar-refractivity contribution in [1.29, 1.82) is 0 Å². The van der Waals surface area contributed by atoms with Crippen LogP contribution < -0.4 is 11.5 Å². The number of rotatable bonds is 8. The number of ether oxygens (including phenoxy) is 2. The molecule has 4 aromatic heterocycles. The Bertz CT molecular complexity index is 3310. The second-order valence-electron chi connectivity index (χ2n) is 17.8. The number of fused-ring (bicyclic) bond motifs is 2. The molecule has 0 bridgehead atoms. The Morgan fingerprint density at radius 1 is 0.704 bits per heavy atom. The molecule has 0 aliphatic heterocycles. The quantitative estimate of drug-likeness (QED) is 0.0742. The van der Waals surface area contributed by atoms with Gasteiger partial charge in [-0.25, -0.2) is 9.69 Å². The summed E-state index contributed by atoms with van der Waals surface area (Å²) in [5.41, 5.74) is 22.1. The Balaban J connectivity index is 0.000000161. The van der Waals surface area contributed by atoms with Crippen LogP contribution >= 0.6 is 23.2 Å². The highest BCUT2D eigenvalue weighted by atomic mass is 35.5. The van der Waals surface area contributed by atoms with Gasteiger partial charge < -0.3 is 30.5 Å². The molecule has 0 amide bonds. The van der Waals surface area contributed by atoms with E-state index in [1.807, 2.05) is 45.2 Å². The third-order valence-corrected chi connectivity index (χ3v) is 15.4. The normalized spacial score (nSPS) is 17.7. The fourth-order valence-electron chi connectivity index (χ4n) is 9.19. The van der Waals surface area contributed by atoms with E-state index in [0.29, 0.717) is 58.5 Å². The largest absolute Gasteiger partial charge is 0.469 e. The lowest BCUT2D eigenvalue weighted by molar-refractivity contribution is -0.147. The van der Waals surface area contributed by atoms with Gasteiger partial charge in [0.1, 0.15) is 0 Å². The molecule has 7 aromatic rings. The summed E-state index contributed by atoms with van der Waals surface area (Å²) >= 11 is 12.8. The van der Waals surface area contributed by atoms with Crippen molar-refractivity contribution in [3.63, 3.8) is 0 Å². The molecule has 3 aromatic carbocycles. The highest BCUT2D eigenvalue weighted by Crippen LogP contribution is 2.44. The van der Waals surface area contributed by atoms with Gasteiger partial charge in [0.05, 0.1) is 84.0 Å². The molecule has 2 saturated carbocycles. The number of nitrogens with one attached hydrogen (secondary N) is 1. The number of nitrogens with two attached hydrogens (primary N) is 2. The number of pyridine rings is 2. The van der Waals surface area contributed by atoms with E-state index in [-0.39, 0.29) is 40.8 Å². The van der Waals surface area contributed by atoms with E-state index < -0.39 is 10.1 Å². The van der Waals surface area contributed by atoms with Crippen LogP contribution in [0.1, 0.15) is 74.1 Å². The molecule has 0 saturated heterocycles. The summed E-state index contributed by atoms with van der Waals surface area (Å²) in [6.45, 7) is 20.5. The maximum atomic E-state index is 12.2. The van der Waals surface area contributed by atoms with Gasteiger partial charge >= 0.3 is 11.9 Å². The maximum Gasteiger partial charge on any atom is 0.308 e. The Labute approximate surface area is 423 Å². The lowest BCUT2D eigenvalue weighted by Crippen LogP contribution is -2.28. The minimum atomic E-state index is -3.74. The third-order valence-electron chi connectivity index (χ3n) is 13.2. The van der Waals surface area contributed by atoms with Crippen LogP contribution in [0.15, 0.2) is 90.6 Å². The Morgan fingerprint density at radius 3 is 1.75 bits per heavy atom. The molecule has 15 nitrogen and oxygen atoms in total. The molecule has 9 rings (SSSR count). The number of hydrogen-bond donors (Lipinski definition) is 3. The number of anilines is 2. The van der Waals surface area contributed by atoms with E-state index in [4.69, 9.17) is 61.5 Å². The Morgan fingerprint density at radius 2 is 1.21 bits per heavy atom. The summed E-state index contributed by atoms with van der Waals surface area (Å²) in [5, 5.41) is 2.83. The number of methoxy groups -OCH3 is 2. The summed E-state index contributed by atoms with van der Waals surface area (Å²) in [5.74, 6) is -0.524. The van der Waals surface area contributed by atoms with Crippen LogP contribution in [0.2, 0.25) is 10.0 Å². The molecule has 4 heterocycles. The Kier molecular flexibility index (Phi) is 16.4. The minimum absolute atomic E-state index is 0.0319. The van der Waals surface area contributed by atoms with Crippen LogP contribution in [0.4, 0.5) is 22.7 Å². The van der Waals surface area contributed by atoms with Gasteiger partial charge in [-0.05, 0) is 130 Å². The van der Waals surface area contributed by atoms with Crippen molar-refractivity contribution in [3.05, 3.63) is 135 Å². The van der Waals surface area contributed by atoms with Gasteiger partial charge in [0, 0.05) is 64.1 Å². The van der Waals surface area contributed by atoms with E-state index in [9.17, 15) is 18.0 Å². The van der Waals surface area contributed by atoms with Crippen molar-refractivity contribution in [3.8, 4) is 22.3 Å². The summed E-state index contributed by atoms with van der Waals surface area (Å²) in [6, 6.07) is 14.6. The van der Waals surface area contributed by atoms with Crippen molar-refractivity contribution < 1.29 is 31.7 Å². The van der Waals surface area contributed by atoms with Gasteiger partial charge in [-0.15, -0.1) is 0 Å². The van der Waals surface area contributed by atoms with Gasteiger partial charge in [0.25, 0.3) is 10.1 Å². The number of carbonyl (C=O) groups is 2. The summed E-state index contributed by atoms with van der Waals surface area (Å²) in [6.07, 6.45) is 15.7. The van der Waals surface area contributed by atoms with E-state index in [1.54, 1.807) is 36.7 Å². The third kappa shape index (κ3) is 11.5. The fraction of sp³-hybridized carbons (Fsp3) is 0.321. The fourth-order valence-corrected chi connectivity index (χ4v) is 10.7. The molecule has 5 N–H and O–H groups in total. The second-order valence-corrected chi connectivity index (χ2v) is 20.1. The molecule has 0 unspecified atom stereocenters. The minimum Gasteiger partial charge on any atom is -0.469 e. The van der Waals surface area contributed by atoms with Crippen LogP contribution in [-0.2, 0) is 33.4 Å². The predicted octanol–water partition coefficient (Wildman–Crippen LogP) is 12.5. The number of H-pyrrole nitrogens is 1. The zero-order valence-corrected chi connectivity index (χ0v) is 42.3. The molecule has 0 spiro atoms. The second kappa shape index (κ2) is 22.4. The lowest BCUT2D eigenvalue weighted by atomic mass is 9.86. The first kappa shape index (κ1) is 51.9.